The summed E-state index contributed by atoms with van der Waals surface area (Å²) in [7, 11) is 0. The van der Waals surface area contributed by atoms with E-state index in [0.29, 0.717) is 5.75 Å². The van der Waals surface area contributed by atoms with Crippen LogP contribution in [0.2, 0.25) is 0 Å². The van der Waals surface area contributed by atoms with Crippen molar-refractivity contribution in [1.29, 1.82) is 0 Å². The zero-order valence-corrected chi connectivity index (χ0v) is 18.3. The number of benzene rings is 2. The van der Waals surface area contributed by atoms with Crippen LogP contribution in [-0.2, 0) is 11.2 Å². The third-order valence-corrected chi connectivity index (χ3v) is 6.64. The SMILES string of the molecule is CC(=O)Oc1c(C)c(C)c2c(c1C)CCC(C)(C#Cc1csc3ccccc13)O2. The van der Waals surface area contributed by atoms with E-state index in [0.717, 1.165) is 46.4 Å². The van der Waals surface area contributed by atoms with E-state index in [4.69, 9.17) is 9.47 Å². The second kappa shape index (κ2) is 7.24. The van der Waals surface area contributed by atoms with Crippen LogP contribution in [0.25, 0.3) is 10.1 Å². The minimum Gasteiger partial charge on any atom is -0.474 e. The van der Waals surface area contributed by atoms with E-state index in [9.17, 15) is 4.79 Å². The highest BCUT2D eigenvalue weighted by atomic mass is 32.1. The van der Waals surface area contributed by atoms with Crippen LogP contribution in [0.4, 0.5) is 0 Å². The number of ether oxygens (including phenoxy) is 2. The minimum atomic E-state index is -0.553. The summed E-state index contributed by atoms with van der Waals surface area (Å²) < 4.78 is 13.2. The quantitative estimate of drug-likeness (QED) is 0.288. The molecule has 4 rings (SSSR count). The van der Waals surface area contributed by atoms with E-state index in [1.807, 2.05) is 26.8 Å². The first-order valence-electron chi connectivity index (χ1n) is 9.78. The van der Waals surface area contributed by atoms with E-state index < -0.39 is 5.60 Å². The van der Waals surface area contributed by atoms with Crippen LogP contribution in [0, 0.1) is 32.6 Å². The molecular formula is C25H24O3S. The number of hydrogen-bond acceptors (Lipinski definition) is 4. The van der Waals surface area contributed by atoms with E-state index in [1.165, 1.54) is 17.0 Å². The number of rotatable bonds is 1. The summed E-state index contributed by atoms with van der Waals surface area (Å²) in [6.07, 6.45) is 1.63. The number of fused-ring (bicyclic) bond motifs is 2. The molecule has 0 bridgehead atoms. The molecule has 2 aromatic carbocycles. The molecule has 0 fully saturated rings. The lowest BCUT2D eigenvalue weighted by Gasteiger charge is -2.34. The molecule has 148 valence electrons. The van der Waals surface area contributed by atoms with Gasteiger partial charge in [-0.3, -0.25) is 4.79 Å². The van der Waals surface area contributed by atoms with Crippen molar-refractivity contribution in [3.05, 3.63) is 57.5 Å². The summed E-state index contributed by atoms with van der Waals surface area (Å²) in [6, 6.07) is 8.33. The fourth-order valence-corrected chi connectivity index (χ4v) is 4.79. The van der Waals surface area contributed by atoms with Crippen LogP contribution in [0.15, 0.2) is 29.6 Å². The maximum Gasteiger partial charge on any atom is 0.308 e. The van der Waals surface area contributed by atoms with E-state index in [2.05, 4.69) is 42.3 Å². The Labute approximate surface area is 175 Å². The molecular weight excluding hydrogens is 380 g/mol. The summed E-state index contributed by atoms with van der Waals surface area (Å²) in [5, 5.41) is 3.31. The molecule has 1 aliphatic heterocycles. The largest absolute Gasteiger partial charge is 0.474 e. The van der Waals surface area contributed by atoms with E-state index in [-0.39, 0.29) is 5.97 Å². The van der Waals surface area contributed by atoms with Crippen LogP contribution in [-0.4, -0.2) is 11.6 Å². The van der Waals surface area contributed by atoms with Gasteiger partial charge in [-0.1, -0.05) is 30.0 Å². The average Bonchev–Trinajstić information content (AvgIpc) is 3.11. The van der Waals surface area contributed by atoms with Gasteiger partial charge in [0.05, 0.1) is 0 Å². The van der Waals surface area contributed by atoms with Gasteiger partial charge in [0.1, 0.15) is 11.5 Å². The summed E-state index contributed by atoms with van der Waals surface area (Å²) >= 11 is 1.72. The van der Waals surface area contributed by atoms with Crippen LogP contribution in [0.1, 0.15) is 48.1 Å². The molecule has 1 aromatic heterocycles. The van der Waals surface area contributed by atoms with Crippen molar-refractivity contribution < 1.29 is 14.3 Å². The second-order valence-electron chi connectivity index (χ2n) is 7.83. The van der Waals surface area contributed by atoms with Gasteiger partial charge in [-0.2, -0.15) is 0 Å². The van der Waals surface area contributed by atoms with Gasteiger partial charge in [0.2, 0.25) is 0 Å². The zero-order valence-electron chi connectivity index (χ0n) is 17.4. The molecule has 3 aromatic rings. The first-order valence-corrected chi connectivity index (χ1v) is 10.7. The van der Waals surface area contributed by atoms with Gasteiger partial charge in [-0.15, -0.1) is 11.3 Å². The Bertz CT molecular complexity index is 1190. The fourth-order valence-electron chi connectivity index (χ4n) is 3.89. The third kappa shape index (κ3) is 3.52. The van der Waals surface area contributed by atoms with Gasteiger partial charge in [0.25, 0.3) is 0 Å². The molecule has 0 saturated heterocycles. The van der Waals surface area contributed by atoms with Gasteiger partial charge >= 0.3 is 5.97 Å². The molecule has 0 amide bonds. The molecule has 0 radical (unpaired) electrons. The van der Waals surface area contributed by atoms with Gasteiger partial charge in [-0.25, -0.2) is 0 Å². The second-order valence-corrected chi connectivity index (χ2v) is 8.75. The molecule has 1 aliphatic rings. The highest BCUT2D eigenvalue weighted by Crippen LogP contribution is 2.43. The Kier molecular flexibility index (Phi) is 4.88. The smallest absolute Gasteiger partial charge is 0.308 e. The van der Waals surface area contributed by atoms with Crippen molar-refractivity contribution >= 4 is 27.4 Å². The normalized spacial score (nSPS) is 17.8. The number of carbonyl (C=O) groups excluding carboxylic acids is 1. The minimum absolute atomic E-state index is 0.300. The Balaban J connectivity index is 1.71. The standard InChI is InChI=1S/C25H24O3S/c1-15-16(2)24-20(17(3)23(15)27-18(4)26)11-13-25(5,28-24)12-10-19-14-29-22-9-7-6-8-21(19)22/h6-9,14H,11,13H2,1-5H3. The fraction of sp³-hybridized carbons (Fsp3) is 0.320. The molecule has 29 heavy (non-hydrogen) atoms. The van der Waals surface area contributed by atoms with Gasteiger partial charge in [0.15, 0.2) is 5.60 Å². The lowest BCUT2D eigenvalue weighted by Crippen LogP contribution is -2.35. The summed E-state index contributed by atoms with van der Waals surface area (Å²) in [5.74, 6) is 8.00. The molecule has 0 spiro atoms. The first kappa shape index (κ1) is 19.5. The van der Waals surface area contributed by atoms with Crippen molar-refractivity contribution in [2.75, 3.05) is 0 Å². The van der Waals surface area contributed by atoms with Gasteiger partial charge < -0.3 is 9.47 Å². The third-order valence-electron chi connectivity index (χ3n) is 5.68. The number of hydrogen-bond donors (Lipinski definition) is 0. The Morgan fingerprint density at radius 2 is 1.93 bits per heavy atom. The molecule has 0 aliphatic carbocycles. The highest BCUT2D eigenvalue weighted by molar-refractivity contribution is 7.17. The molecule has 2 heterocycles. The van der Waals surface area contributed by atoms with Crippen molar-refractivity contribution in [2.45, 2.75) is 53.1 Å². The maximum absolute atomic E-state index is 11.5. The average molecular weight is 405 g/mol. The van der Waals surface area contributed by atoms with Crippen molar-refractivity contribution in [2.24, 2.45) is 0 Å². The zero-order chi connectivity index (χ0) is 20.8. The van der Waals surface area contributed by atoms with E-state index >= 15 is 0 Å². The predicted molar refractivity (Wildman–Crippen MR) is 118 cm³/mol. The van der Waals surface area contributed by atoms with Crippen LogP contribution < -0.4 is 9.47 Å². The lowest BCUT2D eigenvalue weighted by atomic mass is 9.87. The molecule has 3 nitrogen and oxygen atoms in total. The summed E-state index contributed by atoms with van der Waals surface area (Å²) in [4.78, 5) is 11.5. The van der Waals surface area contributed by atoms with Crippen LogP contribution in [0.3, 0.4) is 0 Å². The Morgan fingerprint density at radius 3 is 2.69 bits per heavy atom. The van der Waals surface area contributed by atoms with E-state index in [1.54, 1.807) is 11.3 Å². The Morgan fingerprint density at radius 1 is 1.17 bits per heavy atom. The van der Waals surface area contributed by atoms with Gasteiger partial charge in [-0.05, 0) is 56.9 Å². The van der Waals surface area contributed by atoms with Crippen LogP contribution in [0.5, 0.6) is 11.5 Å². The Hall–Kier alpha value is -2.77. The van der Waals surface area contributed by atoms with Gasteiger partial charge in [0, 0.05) is 39.9 Å². The van der Waals surface area contributed by atoms with Crippen molar-refractivity contribution in [1.82, 2.24) is 0 Å². The topological polar surface area (TPSA) is 35.5 Å². The summed E-state index contributed by atoms with van der Waals surface area (Å²) in [5.41, 5.74) is 4.55. The molecule has 1 unspecified atom stereocenters. The lowest BCUT2D eigenvalue weighted by molar-refractivity contribution is -0.132. The monoisotopic (exact) mass is 404 g/mol. The molecule has 4 heteroatoms. The molecule has 1 atom stereocenters. The highest BCUT2D eigenvalue weighted by Gasteiger charge is 2.33. The maximum atomic E-state index is 11.5. The number of carbonyl (C=O) groups is 1. The van der Waals surface area contributed by atoms with Crippen molar-refractivity contribution in [3.63, 3.8) is 0 Å². The molecule has 0 saturated carbocycles. The van der Waals surface area contributed by atoms with Crippen LogP contribution >= 0.6 is 11.3 Å². The number of esters is 1. The molecule has 0 N–H and O–H groups in total. The summed E-state index contributed by atoms with van der Waals surface area (Å²) in [6.45, 7) is 9.48. The first-order chi connectivity index (χ1) is 13.8. The van der Waals surface area contributed by atoms with Crippen molar-refractivity contribution in [3.8, 4) is 23.3 Å². The number of thiophene rings is 1. The predicted octanol–water partition coefficient (Wildman–Crippen LogP) is 5.89.